The number of ether oxygens (including phenoxy) is 2. The first kappa shape index (κ1) is 20.6. The Morgan fingerprint density at radius 1 is 1.14 bits per heavy atom. The Bertz CT molecular complexity index is 864. The van der Waals surface area contributed by atoms with Gasteiger partial charge in [-0.15, -0.1) is 0 Å². The number of hydrogen-bond donors (Lipinski definition) is 1. The lowest BCUT2D eigenvalue weighted by atomic mass is 9.82. The van der Waals surface area contributed by atoms with Gasteiger partial charge < -0.3 is 14.4 Å². The lowest BCUT2D eigenvalue weighted by molar-refractivity contribution is -0.136. The fourth-order valence-electron chi connectivity index (χ4n) is 4.90. The largest absolute Gasteiger partial charge is 0.483 e. The highest BCUT2D eigenvalue weighted by atomic mass is 32.2. The van der Waals surface area contributed by atoms with E-state index in [1.165, 1.54) is 11.1 Å². The summed E-state index contributed by atoms with van der Waals surface area (Å²) in [4.78, 5) is 14.7. The van der Waals surface area contributed by atoms with Crippen LogP contribution >= 0.6 is 0 Å². The number of aryl methyl sites for hydroxylation is 1. The predicted octanol–water partition coefficient (Wildman–Crippen LogP) is 1.95. The van der Waals surface area contributed by atoms with Crippen molar-refractivity contribution >= 4 is 15.9 Å². The molecule has 1 unspecified atom stereocenters. The Kier molecular flexibility index (Phi) is 5.86. The van der Waals surface area contributed by atoms with Gasteiger partial charge in [0.25, 0.3) is 5.91 Å². The Balaban J connectivity index is 1.60. The van der Waals surface area contributed by atoms with Crippen molar-refractivity contribution in [1.82, 2.24) is 9.62 Å². The zero-order chi connectivity index (χ0) is 20.6. The van der Waals surface area contributed by atoms with Gasteiger partial charge in [-0.2, -0.15) is 0 Å². The Morgan fingerprint density at radius 3 is 2.62 bits per heavy atom. The van der Waals surface area contributed by atoms with Crippen molar-refractivity contribution < 1.29 is 22.7 Å². The third kappa shape index (κ3) is 4.75. The molecule has 29 heavy (non-hydrogen) atoms. The van der Waals surface area contributed by atoms with Crippen LogP contribution in [0, 0.1) is 6.92 Å². The highest BCUT2D eigenvalue weighted by Gasteiger charge is 2.39. The summed E-state index contributed by atoms with van der Waals surface area (Å²) in [6, 6.07) is 5.52. The van der Waals surface area contributed by atoms with Gasteiger partial charge in [-0.3, -0.25) is 4.79 Å². The maximum atomic E-state index is 12.9. The van der Waals surface area contributed by atoms with E-state index in [0.717, 1.165) is 37.7 Å². The van der Waals surface area contributed by atoms with E-state index in [2.05, 4.69) is 17.7 Å². The second kappa shape index (κ2) is 8.24. The maximum absolute atomic E-state index is 12.9. The molecule has 1 aromatic rings. The predicted molar refractivity (Wildman–Crippen MR) is 110 cm³/mol. The first-order chi connectivity index (χ1) is 13.8. The summed E-state index contributed by atoms with van der Waals surface area (Å²) >= 11 is 0. The molecule has 1 saturated carbocycles. The molecule has 3 aliphatic heterocycles. The van der Waals surface area contributed by atoms with Crippen molar-refractivity contribution in [3.05, 3.63) is 29.3 Å². The molecule has 1 aliphatic carbocycles. The first-order valence-electron chi connectivity index (χ1n) is 10.4. The van der Waals surface area contributed by atoms with Crippen LogP contribution in [0.5, 0.6) is 5.75 Å². The van der Waals surface area contributed by atoms with Crippen LogP contribution in [0.1, 0.15) is 49.1 Å². The van der Waals surface area contributed by atoms with Crippen molar-refractivity contribution in [3.8, 4) is 5.75 Å². The average Bonchev–Trinajstić information content (AvgIpc) is 3.06. The third-order valence-electron chi connectivity index (χ3n) is 6.36. The molecule has 7 nitrogen and oxygen atoms in total. The summed E-state index contributed by atoms with van der Waals surface area (Å²) in [5.41, 5.74) is 2.38. The highest BCUT2D eigenvalue weighted by Crippen LogP contribution is 2.39. The van der Waals surface area contributed by atoms with Crippen molar-refractivity contribution in [2.75, 3.05) is 26.0 Å². The minimum absolute atomic E-state index is 0.0473. The fourth-order valence-corrected chi connectivity index (χ4v) is 5.72. The van der Waals surface area contributed by atoms with Crippen LogP contribution in [0.25, 0.3) is 0 Å². The lowest BCUT2D eigenvalue weighted by Gasteiger charge is -2.32. The Hall–Kier alpha value is -1.64. The van der Waals surface area contributed by atoms with E-state index in [1.807, 2.05) is 12.1 Å². The van der Waals surface area contributed by atoms with Gasteiger partial charge in [-0.05, 0) is 56.6 Å². The van der Waals surface area contributed by atoms with Crippen LogP contribution in [0.4, 0.5) is 0 Å². The Morgan fingerprint density at radius 2 is 1.90 bits per heavy atom. The molecule has 2 bridgehead atoms. The highest BCUT2D eigenvalue weighted by molar-refractivity contribution is 7.88. The number of nitrogens with one attached hydrogen (secondary N) is 1. The van der Waals surface area contributed by atoms with Crippen molar-refractivity contribution in [2.24, 2.45) is 0 Å². The van der Waals surface area contributed by atoms with Crippen molar-refractivity contribution in [3.63, 3.8) is 0 Å². The van der Waals surface area contributed by atoms with Gasteiger partial charge >= 0.3 is 0 Å². The lowest BCUT2D eigenvalue weighted by Crippen LogP contribution is -2.50. The van der Waals surface area contributed by atoms with Crippen LogP contribution in [-0.2, 0) is 19.6 Å². The van der Waals surface area contributed by atoms with E-state index in [4.69, 9.17) is 9.47 Å². The summed E-state index contributed by atoms with van der Waals surface area (Å²) in [5, 5.41) is 0. The molecular weight excluding hydrogens is 392 g/mol. The topological polar surface area (TPSA) is 84.9 Å². The molecule has 2 atom stereocenters. The molecule has 0 radical (unpaired) electrons. The molecule has 4 aliphatic rings. The zero-order valence-electron chi connectivity index (χ0n) is 17.1. The van der Waals surface area contributed by atoms with Crippen LogP contribution in [0.2, 0.25) is 0 Å². The smallest absolute Gasteiger partial charge is 0.260 e. The average molecular weight is 423 g/mol. The molecule has 1 N–H and O–H groups in total. The number of carbonyl (C=O) groups excluding carboxylic acids is 1. The summed E-state index contributed by atoms with van der Waals surface area (Å²) in [6.45, 7) is 2.87. The maximum Gasteiger partial charge on any atom is 0.260 e. The third-order valence-corrected chi connectivity index (χ3v) is 7.10. The van der Waals surface area contributed by atoms with Crippen LogP contribution in [-0.4, -0.2) is 63.4 Å². The molecule has 8 heteroatoms. The van der Waals surface area contributed by atoms with Gasteiger partial charge in [0.1, 0.15) is 5.75 Å². The molecule has 0 aromatic heterocycles. The van der Waals surface area contributed by atoms with Gasteiger partial charge in [0.2, 0.25) is 10.0 Å². The summed E-state index contributed by atoms with van der Waals surface area (Å²) in [5.74, 6) is 1.07. The van der Waals surface area contributed by atoms with Gasteiger partial charge in [0.05, 0.1) is 25.0 Å². The molecule has 2 fully saturated rings. The van der Waals surface area contributed by atoms with Crippen LogP contribution < -0.4 is 9.46 Å². The number of fused-ring (bicyclic) bond motifs is 5. The minimum atomic E-state index is -3.36. The Labute approximate surface area is 172 Å². The fraction of sp³-hybridized carbons (Fsp3) is 0.667. The summed E-state index contributed by atoms with van der Waals surface area (Å²) in [7, 11) is -3.36. The van der Waals surface area contributed by atoms with Crippen molar-refractivity contribution in [2.45, 2.75) is 63.1 Å². The minimum Gasteiger partial charge on any atom is -0.483 e. The molecule has 160 valence electrons. The van der Waals surface area contributed by atoms with Crippen LogP contribution in [0.15, 0.2) is 18.2 Å². The van der Waals surface area contributed by atoms with E-state index in [-0.39, 0.29) is 30.7 Å². The van der Waals surface area contributed by atoms with E-state index < -0.39 is 10.0 Å². The second-order valence-electron chi connectivity index (χ2n) is 8.58. The van der Waals surface area contributed by atoms with Gasteiger partial charge in [-0.1, -0.05) is 17.7 Å². The number of sulfonamides is 1. The van der Waals surface area contributed by atoms with Crippen LogP contribution in [0.3, 0.4) is 0 Å². The molecule has 3 heterocycles. The van der Waals surface area contributed by atoms with Gasteiger partial charge in [-0.25, -0.2) is 13.1 Å². The molecule has 5 rings (SSSR count). The van der Waals surface area contributed by atoms with E-state index in [0.29, 0.717) is 25.5 Å². The van der Waals surface area contributed by atoms with Crippen molar-refractivity contribution in [1.29, 1.82) is 0 Å². The zero-order valence-corrected chi connectivity index (χ0v) is 17.9. The number of benzene rings is 1. The standard InChI is InChI=1S/C21H30N2O5S/c1-14-3-8-20-17(11-14)15-4-6-16(7-5-15)27-12-19-18(22-29(2,25)26)9-10-23(19)21(24)13-28-20/h3,8,11,15-16,18-19,22H,4-7,9-10,12-13H2,1-2H3/t15-,16+,18-,19?/m0/s1. The second-order valence-corrected chi connectivity index (χ2v) is 10.4. The molecule has 1 aromatic carbocycles. The summed E-state index contributed by atoms with van der Waals surface area (Å²) < 4.78 is 38.4. The number of carbonyl (C=O) groups is 1. The van der Waals surface area contributed by atoms with Gasteiger partial charge in [0, 0.05) is 12.6 Å². The van der Waals surface area contributed by atoms with E-state index in [9.17, 15) is 13.2 Å². The number of nitrogens with zero attached hydrogens (tertiary/aromatic N) is 1. The molecular formula is C21H30N2O5S. The number of hydrogen-bond acceptors (Lipinski definition) is 5. The normalized spacial score (nSPS) is 30.6. The quantitative estimate of drug-likeness (QED) is 0.787. The number of rotatable bonds is 2. The number of amides is 1. The van der Waals surface area contributed by atoms with E-state index >= 15 is 0 Å². The molecule has 1 amide bonds. The van der Waals surface area contributed by atoms with Gasteiger partial charge in [0.15, 0.2) is 6.61 Å². The summed E-state index contributed by atoms with van der Waals surface area (Å²) in [6.07, 6.45) is 5.86. The monoisotopic (exact) mass is 422 g/mol. The SMILES string of the molecule is Cc1ccc2c(c1)[C@H]1CC[C@H](CC1)OCC1[C@@H](NS(C)(=O)=O)CCN1C(=O)CO2. The van der Waals surface area contributed by atoms with E-state index in [1.54, 1.807) is 4.90 Å². The molecule has 0 spiro atoms. The first-order valence-corrected chi connectivity index (χ1v) is 12.3. The molecule has 1 saturated heterocycles.